The summed E-state index contributed by atoms with van der Waals surface area (Å²) >= 11 is 0. The molecule has 2 aliphatic rings. The lowest BCUT2D eigenvalue weighted by Gasteiger charge is -2.53. The van der Waals surface area contributed by atoms with Crippen LogP contribution in [0.4, 0.5) is 0 Å². The van der Waals surface area contributed by atoms with Crippen LogP contribution in [0.1, 0.15) is 100 Å². The molecule has 0 aromatic heterocycles. The number of aldehydes is 1. The highest BCUT2D eigenvalue weighted by molar-refractivity contribution is 5.74. The molecule has 0 heterocycles. The summed E-state index contributed by atoms with van der Waals surface area (Å²) in [6, 6.07) is 0. The van der Waals surface area contributed by atoms with Gasteiger partial charge in [-0.3, -0.25) is 4.79 Å². The number of allylic oxidation sites excluding steroid dienone is 8. The highest BCUT2D eigenvalue weighted by Gasteiger charge is 2.52. The Morgan fingerprint density at radius 3 is 2.50 bits per heavy atom. The molecule has 0 amide bonds. The Morgan fingerprint density at radius 1 is 1.21 bits per heavy atom. The Labute approximate surface area is 209 Å². The lowest BCUT2D eigenvalue weighted by atomic mass is 9.54. The normalized spacial score (nSPS) is 35.9. The van der Waals surface area contributed by atoms with Crippen molar-refractivity contribution in [3.63, 3.8) is 0 Å². The molecule has 0 bridgehead atoms. The maximum atomic E-state index is 11.6. The summed E-state index contributed by atoms with van der Waals surface area (Å²) in [7, 11) is 0. The summed E-state index contributed by atoms with van der Waals surface area (Å²) in [5.41, 5.74) is 3.80. The van der Waals surface area contributed by atoms with Crippen LogP contribution in [0.2, 0.25) is 0 Å². The first-order chi connectivity index (χ1) is 15.8. The molecule has 34 heavy (non-hydrogen) atoms. The van der Waals surface area contributed by atoms with Crippen LogP contribution in [0.5, 0.6) is 0 Å². The Hall–Kier alpha value is -1.45. The van der Waals surface area contributed by atoms with Crippen molar-refractivity contribution in [2.24, 2.45) is 28.6 Å². The Balaban J connectivity index is 2.22. The van der Waals surface area contributed by atoms with Gasteiger partial charge in [0.15, 0.2) is 0 Å². The van der Waals surface area contributed by atoms with Gasteiger partial charge >= 0.3 is 0 Å². The number of rotatable bonds is 9. The predicted octanol–water partition coefficient (Wildman–Crippen LogP) is 7.35. The molecule has 0 radical (unpaired) electrons. The van der Waals surface area contributed by atoms with Crippen LogP contribution in [0.25, 0.3) is 0 Å². The van der Waals surface area contributed by atoms with E-state index in [0.29, 0.717) is 24.7 Å². The standard InChI is InChI=1S/C31H50O3/c1-22(13-16-27-23(2)14-15-25(4)29(27,5)6)11-9-18-30(7)28(12-10-20-32)26(24(3)21-33)17-19-31(30,8)34/h11,13-14,16,21,25,27-28,32,34H,9-10,12,15,17-20H2,1-8H3/b16-13+,22-11+,26-24-/t25-,27+,28+,30-,31-/m0/s1. The molecular weight excluding hydrogens is 420 g/mol. The van der Waals surface area contributed by atoms with E-state index in [4.69, 9.17) is 0 Å². The molecule has 1 saturated carbocycles. The second-order valence-electron chi connectivity index (χ2n) is 12.2. The van der Waals surface area contributed by atoms with Gasteiger partial charge in [-0.1, -0.05) is 68.7 Å². The van der Waals surface area contributed by atoms with E-state index in [0.717, 1.165) is 44.0 Å². The van der Waals surface area contributed by atoms with Gasteiger partial charge in [-0.2, -0.15) is 0 Å². The minimum atomic E-state index is -0.804. The first kappa shape index (κ1) is 28.8. The fraction of sp³-hybridized carbons (Fsp3) is 0.710. The van der Waals surface area contributed by atoms with E-state index in [1.165, 1.54) is 16.7 Å². The van der Waals surface area contributed by atoms with E-state index in [1.807, 2.05) is 13.8 Å². The lowest BCUT2D eigenvalue weighted by Crippen LogP contribution is -2.52. The van der Waals surface area contributed by atoms with Gasteiger partial charge in [-0.25, -0.2) is 0 Å². The Morgan fingerprint density at radius 2 is 1.88 bits per heavy atom. The highest BCUT2D eigenvalue weighted by Crippen LogP contribution is 2.55. The van der Waals surface area contributed by atoms with Crippen LogP contribution in [0.3, 0.4) is 0 Å². The minimum absolute atomic E-state index is 0.107. The van der Waals surface area contributed by atoms with Crippen molar-refractivity contribution in [1.82, 2.24) is 0 Å². The maximum Gasteiger partial charge on any atom is 0.145 e. The zero-order valence-electron chi connectivity index (χ0n) is 23.1. The molecule has 3 nitrogen and oxygen atoms in total. The van der Waals surface area contributed by atoms with Gasteiger partial charge in [0.2, 0.25) is 0 Å². The van der Waals surface area contributed by atoms with E-state index in [9.17, 15) is 15.0 Å². The van der Waals surface area contributed by atoms with E-state index in [-0.39, 0.29) is 23.4 Å². The quantitative estimate of drug-likeness (QED) is 0.160. The third-order valence-corrected chi connectivity index (χ3v) is 9.67. The number of hydrogen-bond acceptors (Lipinski definition) is 3. The maximum absolute atomic E-state index is 11.6. The lowest BCUT2D eigenvalue weighted by molar-refractivity contribution is -0.115. The number of aliphatic hydroxyl groups is 2. The van der Waals surface area contributed by atoms with E-state index in [2.05, 4.69) is 65.8 Å². The number of aliphatic hydroxyl groups excluding tert-OH is 1. The highest BCUT2D eigenvalue weighted by atomic mass is 16.3. The molecule has 0 saturated heterocycles. The van der Waals surface area contributed by atoms with Crippen LogP contribution in [-0.4, -0.2) is 28.7 Å². The molecule has 192 valence electrons. The third kappa shape index (κ3) is 6.02. The average Bonchev–Trinajstić information content (AvgIpc) is 2.77. The second-order valence-corrected chi connectivity index (χ2v) is 12.2. The summed E-state index contributed by atoms with van der Waals surface area (Å²) in [6.07, 6.45) is 16.1. The summed E-state index contributed by atoms with van der Waals surface area (Å²) in [5.74, 6) is 1.23. The van der Waals surface area contributed by atoms with E-state index >= 15 is 0 Å². The van der Waals surface area contributed by atoms with Gasteiger partial charge in [0.25, 0.3) is 0 Å². The van der Waals surface area contributed by atoms with Crippen LogP contribution >= 0.6 is 0 Å². The van der Waals surface area contributed by atoms with Gasteiger partial charge in [-0.15, -0.1) is 0 Å². The van der Waals surface area contributed by atoms with E-state index in [1.54, 1.807) is 0 Å². The molecule has 1 fully saturated rings. The first-order valence-electron chi connectivity index (χ1n) is 13.3. The monoisotopic (exact) mass is 470 g/mol. The molecule has 3 heteroatoms. The van der Waals surface area contributed by atoms with Gasteiger partial charge in [0.1, 0.15) is 6.29 Å². The molecule has 2 aliphatic carbocycles. The molecule has 0 unspecified atom stereocenters. The summed E-state index contributed by atoms with van der Waals surface area (Å²) < 4.78 is 0. The summed E-state index contributed by atoms with van der Waals surface area (Å²) in [5, 5.41) is 21.0. The van der Waals surface area contributed by atoms with Crippen molar-refractivity contribution < 1.29 is 15.0 Å². The first-order valence-corrected chi connectivity index (χ1v) is 13.3. The number of hydrogen-bond donors (Lipinski definition) is 2. The number of carbonyl (C=O) groups is 1. The van der Waals surface area contributed by atoms with Crippen LogP contribution in [-0.2, 0) is 4.79 Å². The number of carbonyl (C=O) groups excluding carboxylic acids is 1. The van der Waals surface area contributed by atoms with Gasteiger partial charge < -0.3 is 10.2 Å². The van der Waals surface area contributed by atoms with Crippen molar-refractivity contribution in [2.45, 2.75) is 106 Å². The van der Waals surface area contributed by atoms with Crippen molar-refractivity contribution in [3.8, 4) is 0 Å². The largest absolute Gasteiger partial charge is 0.396 e. The molecule has 2 rings (SSSR count). The van der Waals surface area contributed by atoms with Gasteiger partial charge in [0.05, 0.1) is 5.60 Å². The van der Waals surface area contributed by atoms with Crippen molar-refractivity contribution in [1.29, 1.82) is 0 Å². The second kappa shape index (κ2) is 11.5. The van der Waals surface area contributed by atoms with Crippen molar-refractivity contribution in [3.05, 3.63) is 46.6 Å². The third-order valence-electron chi connectivity index (χ3n) is 9.67. The van der Waals surface area contributed by atoms with E-state index < -0.39 is 5.60 Å². The van der Waals surface area contributed by atoms with Crippen molar-refractivity contribution >= 4 is 6.29 Å². The molecule has 0 aromatic carbocycles. The topological polar surface area (TPSA) is 57.5 Å². The minimum Gasteiger partial charge on any atom is -0.396 e. The predicted molar refractivity (Wildman–Crippen MR) is 143 cm³/mol. The van der Waals surface area contributed by atoms with Crippen LogP contribution in [0.15, 0.2) is 46.6 Å². The van der Waals surface area contributed by atoms with Gasteiger partial charge in [-0.05, 0) is 95.5 Å². The smallest absolute Gasteiger partial charge is 0.145 e. The molecule has 0 spiro atoms. The fourth-order valence-corrected chi connectivity index (χ4v) is 6.38. The Kier molecular flexibility index (Phi) is 9.76. The summed E-state index contributed by atoms with van der Waals surface area (Å²) in [4.78, 5) is 11.6. The van der Waals surface area contributed by atoms with Crippen LogP contribution < -0.4 is 0 Å². The van der Waals surface area contributed by atoms with Crippen LogP contribution in [0, 0.1) is 28.6 Å². The average molecular weight is 471 g/mol. The van der Waals surface area contributed by atoms with Crippen molar-refractivity contribution in [2.75, 3.05) is 6.61 Å². The fourth-order valence-electron chi connectivity index (χ4n) is 6.38. The Bertz CT molecular complexity index is 839. The van der Waals surface area contributed by atoms with Gasteiger partial charge in [0, 0.05) is 17.9 Å². The summed E-state index contributed by atoms with van der Waals surface area (Å²) in [6.45, 7) is 17.7. The molecule has 0 aliphatic heterocycles. The molecule has 2 N–H and O–H groups in total. The zero-order chi connectivity index (χ0) is 25.7. The SMILES string of the molecule is CC1=CC[C@H](C)C(C)(C)[C@@H]1/C=C/C(C)=C/CC[C@@]1(C)[C@H](CCCO)/C(=C(/C)C=O)CC[C@]1(C)O. The molecule has 5 atom stereocenters. The zero-order valence-corrected chi connectivity index (χ0v) is 23.1. The molecule has 0 aromatic rings. The molecular formula is C31H50O3.